The topological polar surface area (TPSA) is 74.6 Å². The van der Waals surface area contributed by atoms with Crippen LogP contribution in [0.1, 0.15) is 23.2 Å². The molecule has 0 bridgehead atoms. The fourth-order valence-electron chi connectivity index (χ4n) is 2.37. The fraction of sp³-hybridized carbons (Fsp3) is 0.250. The van der Waals surface area contributed by atoms with Crippen molar-refractivity contribution in [3.05, 3.63) is 46.9 Å². The number of hydrogen-bond acceptors (Lipinski definition) is 3. The molecule has 0 saturated carbocycles. The minimum Gasteiger partial charge on any atom is -0.456 e. The predicted molar refractivity (Wildman–Crippen MR) is 88.2 cm³/mol. The van der Waals surface area contributed by atoms with Gasteiger partial charge in [0.1, 0.15) is 5.76 Å². The molecule has 23 heavy (non-hydrogen) atoms. The summed E-state index contributed by atoms with van der Waals surface area (Å²) in [5, 5.41) is 5.84. The van der Waals surface area contributed by atoms with Crippen molar-refractivity contribution < 1.29 is 14.0 Å². The minimum absolute atomic E-state index is 0.164. The predicted octanol–water partition coefficient (Wildman–Crippen LogP) is 3.28. The summed E-state index contributed by atoms with van der Waals surface area (Å²) in [7, 11) is 0. The van der Waals surface area contributed by atoms with E-state index in [0.29, 0.717) is 35.9 Å². The van der Waals surface area contributed by atoms with Crippen LogP contribution in [0.3, 0.4) is 0 Å². The van der Waals surface area contributed by atoms with Gasteiger partial charge in [0.2, 0.25) is 0 Å². The van der Waals surface area contributed by atoms with Crippen molar-refractivity contribution in [2.24, 2.45) is 0 Å². The highest BCUT2D eigenvalue weighted by Gasteiger charge is 2.22. The molecule has 1 aromatic carbocycles. The minimum atomic E-state index is -0.380. The average Bonchev–Trinajstić information content (AvgIpc) is 3.18. The number of anilines is 2. The standard InChI is InChI=1S/C16H16ClN3O3/c1-2-11-4-6-14(23-11)15(21)19-13-9-10(3-5-12(13)17)20-8-7-18-16(20)22/h3-6,9H,2,7-8H2,1H3,(H,18,22)(H,19,21). The molecule has 0 unspecified atom stereocenters. The summed E-state index contributed by atoms with van der Waals surface area (Å²) in [6, 6.07) is 8.29. The molecule has 0 atom stereocenters. The molecular weight excluding hydrogens is 318 g/mol. The number of benzene rings is 1. The maximum atomic E-state index is 12.2. The van der Waals surface area contributed by atoms with Crippen LogP contribution in [0.5, 0.6) is 0 Å². The molecule has 2 heterocycles. The van der Waals surface area contributed by atoms with Crippen molar-refractivity contribution in [2.75, 3.05) is 23.3 Å². The summed E-state index contributed by atoms with van der Waals surface area (Å²) in [6.07, 6.45) is 0.716. The first-order chi connectivity index (χ1) is 11.1. The van der Waals surface area contributed by atoms with Crippen LogP contribution in [-0.2, 0) is 6.42 Å². The van der Waals surface area contributed by atoms with E-state index in [1.807, 2.05) is 6.92 Å². The number of carbonyl (C=O) groups excluding carboxylic acids is 2. The number of nitrogens with zero attached hydrogens (tertiary/aromatic N) is 1. The molecule has 1 aliphatic heterocycles. The van der Waals surface area contributed by atoms with E-state index in [0.717, 1.165) is 5.76 Å². The van der Waals surface area contributed by atoms with Gasteiger partial charge < -0.3 is 15.1 Å². The first-order valence-electron chi connectivity index (χ1n) is 7.33. The van der Waals surface area contributed by atoms with Gasteiger partial charge in [-0.3, -0.25) is 9.69 Å². The van der Waals surface area contributed by atoms with Gasteiger partial charge in [0.05, 0.1) is 10.7 Å². The third kappa shape index (κ3) is 3.17. The summed E-state index contributed by atoms with van der Waals surface area (Å²) in [5.41, 5.74) is 1.11. The van der Waals surface area contributed by atoms with Gasteiger partial charge in [0.25, 0.3) is 5.91 Å². The molecule has 1 aromatic heterocycles. The number of halogens is 1. The molecule has 0 spiro atoms. The molecule has 2 aromatic rings. The second-order valence-electron chi connectivity index (χ2n) is 5.12. The van der Waals surface area contributed by atoms with Crippen molar-refractivity contribution in [3.8, 4) is 0 Å². The van der Waals surface area contributed by atoms with Gasteiger partial charge >= 0.3 is 6.03 Å². The van der Waals surface area contributed by atoms with Crippen LogP contribution < -0.4 is 15.5 Å². The number of hydrogen-bond donors (Lipinski definition) is 2. The molecule has 120 valence electrons. The largest absolute Gasteiger partial charge is 0.456 e. The lowest BCUT2D eigenvalue weighted by Crippen LogP contribution is -2.27. The average molecular weight is 334 g/mol. The van der Waals surface area contributed by atoms with Crippen molar-refractivity contribution >= 4 is 34.9 Å². The lowest BCUT2D eigenvalue weighted by Gasteiger charge is -2.16. The van der Waals surface area contributed by atoms with Crippen LogP contribution in [0.2, 0.25) is 5.02 Å². The zero-order chi connectivity index (χ0) is 16.4. The Morgan fingerprint density at radius 3 is 2.87 bits per heavy atom. The van der Waals surface area contributed by atoms with Crippen molar-refractivity contribution in [1.82, 2.24) is 5.32 Å². The van der Waals surface area contributed by atoms with Crippen molar-refractivity contribution in [3.63, 3.8) is 0 Å². The van der Waals surface area contributed by atoms with E-state index in [1.54, 1.807) is 35.2 Å². The Kier molecular flexibility index (Phi) is 4.25. The first kappa shape index (κ1) is 15.4. The lowest BCUT2D eigenvalue weighted by atomic mass is 10.2. The molecule has 0 radical (unpaired) electrons. The Morgan fingerprint density at radius 2 is 2.22 bits per heavy atom. The highest BCUT2D eigenvalue weighted by Crippen LogP contribution is 2.29. The van der Waals surface area contributed by atoms with Crippen LogP contribution in [0.15, 0.2) is 34.7 Å². The smallest absolute Gasteiger partial charge is 0.321 e. The zero-order valence-electron chi connectivity index (χ0n) is 12.6. The molecule has 3 amide bonds. The van der Waals surface area contributed by atoms with E-state index in [1.165, 1.54) is 0 Å². The fourth-order valence-corrected chi connectivity index (χ4v) is 2.53. The van der Waals surface area contributed by atoms with E-state index in [2.05, 4.69) is 10.6 Å². The van der Waals surface area contributed by atoms with Gasteiger partial charge in [-0.25, -0.2) is 4.79 Å². The number of rotatable bonds is 4. The lowest BCUT2D eigenvalue weighted by molar-refractivity contribution is 0.0995. The molecule has 1 aliphatic rings. The number of aryl methyl sites for hydroxylation is 1. The van der Waals surface area contributed by atoms with Crippen LogP contribution in [0.4, 0.5) is 16.2 Å². The number of furan rings is 1. The van der Waals surface area contributed by atoms with Crippen molar-refractivity contribution in [2.45, 2.75) is 13.3 Å². The third-order valence-electron chi connectivity index (χ3n) is 3.60. The molecule has 0 aliphatic carbocycles. The third-order valence-corrected chi connectivity index (χ3v) is 3.93. The Bertz CT molecular complexity index is 757. The number of carbonyl (C=O) groups is 2. The monoisotopic (exact) mass is 333 g/mol. The van der Waals surface area contributed by atoms with Crippen LogP contribution >= 0.6 is 11.6 Å². The van der Waals surface area contributed by atoms with Crippen LogP contribution in [0, 0.1) is 0 Å². The van der Waals surface area contributed by atoms with Gasteiger partial charge in [-0.2, -0.15) is 0 Å². The summed E-state index contributed by atoms with van der Waals surface area (Å²) < 4.78 is 5.42. The molecule has 1 fully saturated rings. The first-order valence-corrected chi connectivity index (χ1v) is 7.71. The second kappa shape index (κ2) is 6.34. The maximum absolute atomic E-state index is 12.2. The number of nitrogens with one attached hydrogen (secondary N) is 2. The quantitative estimate of drug-likeness (QED) is 0.901. The van der Waals surface area contributed by atoms with E-state index in [9.17, 15) is 9.59 Å². The van der Waals surface area contributed by atoms with Crippen LogP contribution in [-0.4, -0.2) is 25.0 Å². The highest BCUT2D eigenvalue weighted by molar-refractivity contribution is 6.34. The van der Waals surface area contributed by atoms with Gasteiger partial charge in [0.15, 0.2) is 5.76 Å². The van der Waals surface area contributed by atoms with Gasteiger partial charge in [-0.05, 0) is 30.3 Å². The van der Waals surface area contributed by atoms with Gasteiger partial charge in [0, 0.05) is 25.2 Å². The maximum Gasteiger partial charge on any atom is 0.321 e. The summed E-state index contributed by atoms with van der Waals surface area (Å²) >= 11 is 6.14. The van der Waals surface area contributed by atoms with E-state index >= 15 is 0 Å². The van der Waals surface area contributed by atoms with Gasteiger partial charge in [-0.1, -0.05) is 18.5 Å². The van der Waals surface area contributed by atoms with E-state index in [4.69, 9.17) is 16.0 Å². The van der Waals surface area contributed by atoms with E-state index in [-0.39, 0.29) is 17.7 Å². The molecule has 1 saturated heterocycles. The Hall–Kier alpha value is -2.47. The van der Waals surface area contributed by atoms with Crippen molar-refractivity contribution in [1.29, 1.82) is 0 Å². The Morgan fingerprint density at radius 1 is 1.39 bits per heavy atom. The summed E-state index contributed by atoms with van der Waals surface area (Å²) in [6.45, 7) is 3.11. The van der Waals surface area contributed by atoms with E-state index < -0.39 is 0 Å². The Balaban J connectivity index is 1.81. The SMILES string of the molecule is CCc1ccc(C(=O)Nc2cc(N3CCNC3=O)ccc2Cl)o1. The Labute approximate surface area is 138 Å². The highest BCUT2D eigenvalue weighted by atomic mass is 35.5. The molecule has 7 heteroatoms. The second-order valence-corrected chi connectivity index (χ2v) is 5.53. The zero-order valence-corrected chi connectivity index (χ0v) is 13.3. The summed E-state index contributed by atoms with van der Waals surface area (Å²) in [4.78, 5) is 25.6. The molecule has 3 rings (SSSR count). The van der Waals surface area contributed by atoms with Crippen LogP contribution in [0.25, 0.3) is 0 Å². The summed E-state index contributed by atoms with van der Waals surface area (Å²) in [5.74, 6) is 0.584. The number of amides is 3. The van der Waals surface area contributed by atoms with Gasteiger partial charge in [-0.15, -0.1) is 0 Å². The normalized spacial score (nSPS) is 14.0. The molecular formula is C16H16ClN3O3. The molecule has 6 nitrogen and oxygen atoms in total. The molecule has 2 N–H and O–H groups in total. The number of urea groups is 1.